The van der Waals surface area contributed by atoms with Crippen molar-refractivity contribution < 1.29 is 9.53 Å². The molecule has 0 radical (unpaired) electrons. The van der Waals surface area contributed by atoms with Crippen LogP contribution in [-0.4, -0.2) is 20.1 Å². The van der Waals surface area contributed by atoms with Gasteiger partial charge in [0.05, 0.1) is 18.4 Å². The standard InChI is InChI=1S/C9H12N2O2/c1-11(10)8-5-3-7(4-6-8)9(12)13-2/h3-6H,10H2,1-2H3. The van der Waals surface area contributed by atoms with Crippen LogP contribution < -0.4 is 10.9 Å². The normalized spacial score (nSPS) is 9.46. The van der Waals surface area contributed by atoms with Gasteiger partial charge in [0, 0.05) is 7.05 Å². The Kier molecular flexibility index (Phi) is 2.87. The summed E-state index contributed by atoms with van der Waals surface area (Å²) >= 11 is 0. The fourth-order valence-corrected chi connectivity index (χ4v) is 0.951. The molecule has 0 saturated carbocycles. The number of nitrogens with zero attached hydrogens (tertiary/aromatic N) is 1. The Labute approximate surface area is 76.9 Å². The van der Waals surface area contributed by atoms with Gasteiger partial charge in [0.1, 0.15) is 0 Å². The van der Waals surface area contributed by atoms with E-state index in [1.165, 1.54) is 12.1 Å². The van der Waals surface area contributed by atoms with E-state index < -0.39 is 0 Å². The van der Waals surface area contributed by atoms with Crippen LogP contribution >= 0.6 is 0 Å². The number of rotatable bonds is 2. The first-order chi connectivity index (χ1) is 6.15. The largest absolute Gasteiger partial charge is 0.465 e. The van der Waals surface area contributed by atoms with Crippen LogP contribution in [0.2, 0.25) is 0 Å². The average molecular weight is 180 g/mol. The molecule has 0 heterocycles. The van der Waals surface area contributed by atoms with E-state index in [1.807, 2.05) is 0 Å². The highest BCUT2D eigenvalue weighted by Crippen LogP contribution is 2.11. The number of hydrazine groups is 1. The number of benzene rings is 1. The molecular weight excluding hydrogens is 168 g/mol. The molecule has 0 saturated heterocycles. The van der Waals surface area contributed by atoms with Gasteiger partial charge in [0.2, 0.25) is 0 Å². The fraction of sp³-hybridized carbons (Fsp3) is 0.222. The number of hydrogen-bond donors (Lipinski definition) is 1. The molecule has 0 fully saturated rings. The van der Waals surface area contributed by atoms with Crippen molar-refractivity contribution in [3.63, 3.8) is 0 Å². The predicted octanol–water partition coefficient (Wildman–Crippen LogP) is 0.783. The second-order valence-corrected chi connectivity index (χ2v) is 2.65. The third-order valence-corrected chi connectivity index (χ3v) is 1.70. The first-order valence-corrected chi connectivity index (χ1v) is 3.82. The lowest BCUT2D eigenvalue weighted by atomic mass is 10.2. The SMILES string of the molecule is COC(=O)c1ccc(N(C)N)cc1. The summed E-state index contributed by atoms with van der Waals surface area (Å²) in [5.74, 6) is 5.15. The molecule has 0 spiro atoms. The molecule has 1 rings (SSSR count). The van der Waals surface area contributed by atoms with Gasteiger partial charge in [-0.15, -0.1) is 0 Å². The van der Waals surface area contributed by atoms with E-state index in [4.69, 9.17) is 5.84 Å². The third kappa shape index (κ3) is 2.19. The zero-order valence-electron chi connectivity index (χ0n) is 7.65. The van der Waals surface area contributed by atoms with Crippen LogP contribution in [0.4, 0.5) is 5.69 Å². The van der Waals surface area contributed by atoms with Gasteiger partial charge in [0.15, 0.2) is 0 Å². The lowest BCUT2D eigenvalue weighted by molar-refractivity contribution is 0.0601. The highest BCUT2D eigenvalue weighted by Gasteiger charge is 2.04. The molecule has 0 aromatic heterocycles. The van der Waals surface area contributed by atoms with E-state index in [1.54, 1.807) is 31.3 Å². The van der Waals surface area contributed by atoms with E-state index in [0.717, 1.165) is 5.69 Å². The van der Waals surface area contributed by atoms with E-state index >= 15 is 0 Å². The molecule has 0 amide bonds. The Morgan fingerprint density at radius 3 is 2.31 bits per heavy atom. The summed E-state index contributed by atoms with van der Waals surface area (Å²) in [5.41, 5.74) is 1.36. The van der Waals surface area contributed by atoms with E-state index in [2.05, 4.69) is 4.74 Å². The monoisotopic (exact) mass is 180 g/mol. The summed E-state index contributed by atoms with van der Waals surface area (Å²) in [5, 5.41) is 1.47. The van der Waals surface area contributed by atoms with Crippen molar-refractivity contribution in [2.75, 3.05) is 19.2 Å². The minimum atomic E-state index is -0.341. The Hall–Kier alpha value is -1.55. The molecule has 0 bridgehead atoms. The highest BCUT2D eigenvalue weighted by atomic mass is 16.5. The van der Waals surface area contributed by atoms with Gasteiger partial charge >= 0.3 is 5.97 Å². The molecule has 4 nitrogen and oxygen atoms in total. The first-order valence-electron chi connectivity index (χ1n) is 3.82. The topological polar surface area (TPSA) is 55.6 Å². The van der Waals surface area contributed by atoms with Crippen LogP contribution in [0.25, 0.3) is 0 Å². The Bertz CT molecular complexity index is 293. The molecule has 13 heavy (non-hydrogen) atoms. The summed E-state index contributed by atoms with van der Waals surface area (Å²) < 4.78 is 4.55. The maximum absolute atomic E-state index is 11.0. The number of methoxy groups -OCH3 is 1. The minimum Gasteiger partial charge on any atom is -0.465 e. The van der Waals surface area contributed by atoms with Crippen LogP contribution in [0, 0.1) is 0 Å². The van der Waals surface area contributed by atoms with E-state index in [-0.39, 0.29) is 5.97 Å². The molecule has 0 aliphatic heterocycles. The van der Waals surface area contributed by atoms with Gasteiger partial charge in [-0.25, -0.2) is 10.6 Å². The zero-order valence-corrected chi connectivity index (χ0v) is 7.65. The molecule has 4 heteroatoms. The van der Waals surface area contributed by atoms with Crippen molar-refractivity contribution in [1.29, 1.82) is 0 Å². The summed E-state index contributed by atoms with van der Waals surface area (Å²) in [7, 11) is 3.08. The van der Waals surface area contributed by atoms with Crippen molar-refractivity contribution >= 4 is 11.7 Å². The molecule has 0 aliphatic carbocycles. The number of carbonyl (C=O) groups is 1. The van der Waals surface area contributed by atoms with Gasteiger partial charge < -0.3 is 9.75 Å². The van der Waals surface area contributed by atoms with E-state index in [9.17, 15) is 4.79 Å². The van der Waals surface area contributed by atoms with Crippen LogP contribution in [-0.2, 0) is 4.74 Å². The van der Waals surface area contributed by atoms with Crippen molar-refractivity contribution in [3.8, 4) is 0 Å². The third-order valence-electron chi connectivity index (χ3n) is 1.70. The summed E-state index contributed by atoms with van der Waals surface area (Å²) in [6, 6.07) is 6.85. The maximum atomic E-state index is 11.0. The number of esters is 1. The second kappa shape index (κ2) is 3.91. The molecule has 1 aromatic rings. The number of nitrogens with two attached hydrogens (primary N) is 1. The Morgan fingerprint density at radius 1 is 1.38 bits per heavy atom. The molecule has 0 aliphatic rings. The summed E-state index contributed by atoms with van der Waals surface area (Å²) in [6.45, 7) is 0. The van der Waals surface area contributed by atoms with Gasteiger partial charge in [-0.3, -0.25) is 0 Å². The second-order valence-electron chi connectivity index (χ2n) is 2.65. The van der Waals surface area contributed by atoms with Gasteiger partial charge in [-0.1, -0.05) is 0 Å². The van der Waals surface area contributed by atoms with Crippen LogP contribution in [0.1, 0.15) is 10.4 Å². The van der Waals surface area contributed by atoms with E-state index in [0.29, 0.717) is 5.56 Å². The lowest BCUT2D eigenvalue weighted by Crippen LogP contribution is -2.24. The summed E-state index contributed by atoms with van der Waals surface area (Å²) in [4.78, 5) is 11.0. The fourth-order valence-electron chi connectivity index (χ4n) is 0.951. The van der Waals surface area contributed by atoms with Crippen molar-refractivity contribution in [1.82, 2.24) is 0 Å². The molecule has 1 aromatic carbocycles. The van der Waals surface area contributed by atoms with Crippen molar-refractivity contribution in [2.24, 2.45) is 5.84 Å². The first kappa shape index (κ1) is 9.54. The lowest BCUT2D eigenvalue weighted by Gasteiger charge is -2.11. The molecular formula is C9H12N2O2. The molecule has 2 N–H and O–H groups in total. The van der Waals surface area contributed by atoms with Crippen molar-refractivity contribution in [2.45, 2.75) is 0 Å². The van der Waals surface area contributed by atoms with Gasteiger partial charge in [-0.05, 0) is 24.3 Å². The zero-order chi connectivity index (χ0) is 9.84. The van der Waals surface area contributed by atoms with Gasteiger partial charge in [-0.2, -0.15) is 0 Å². The van der Waals surface area contributed by atoms with Crippen LogP contribution in [0.5, 0.6) is 0 Å². The number of carbonyl (C=O) groups excluding carboxylic acids is 1. The maximum Gasteiger partial charge on any atom is 0.337 e. The quantitative estimate of drug-likeness (QED) is 0.415. The molecule has 0 atom stereocenters. The Balaban J connectivity index is 2.87. The van der Waals surface area contributed by atoms with Gasteiger partial charge in [0.25, 0.3) is 0 Å². The average Bonchev–Trinajstić information content (AvgIpc) is 2.17. The van der Waals surface area contributed by atoms with Crippen LogP contribution in [0.15, 0.2) is 24.3 Å². The molecule has 70 valence electrons. The van der Waals surface area contributed by atoms with Crippen LogP contribution in [0.3, 0.4) is 0 Å². The number of anilines is 1. The smallest absolute Gasteiger partial charge is 0.337 e. The summed E-state index contributed by atoms with van der Waals surface area (Å²) in [6.07, 6.45) is 0. The molecule has 0 unspecified atom stereocenters. The van der Waals surface area contributed by atoms with Crippen molar-refractivity contribution in [3.05, 3.63) is 29.8 Å². The number of ether oxygens (including phenoxy) is 1. The minimum absolute atomic E-state index is 0.341. The highest BCUT2D eigenvalue weighted by molar-refractivity contribution is 5.89. The number of hydrogen-bond acceptors (Lipinski definition) is 4. The Morgan fingerprint density at radius 2 is 1.92 bits per heavy atom. The predicted molar refractivity (Wildman–Crippen MR) is 50.4 cm³/mol.